The van der Waals surface area contributed by atoms with Crippen LogP contribution < -0.4 is 0 Å². The minimum absolute atomic E-state index is 0.184. The Morgan fingerprint density at radius 2 is 1.65 bits per heavy atom. The molecule has 9 unspecified atom stereocenters. The SMILES string of the molecule is CC(C)CCCC(C)C1CCC2C3CCC4CC(OC(F)(F)C(=O)O)CCC4(C)C3CCC12C. The second-order valence-corrected chi connectivity index (χ2v) is 13.5. The molecule has 0 aromatic carbocycles. The van der Waals surface area contributed by atoms with E-state index in [-0.39, 0.29) is 5.41 Å². The topological polar surface area (TPSA) is 46.5 Å². The third-order valence-electron chi connectivity index (χ3n) is 11.4. The molecule has 0 spiro atoms. The highest BCUT2D eigenvalue weighted by molar-refractivity contribution is 5.73. The third kappa shape index (κ3) is 4.68. The molecule has 0 radical (unpaired) electrons. The second-order valence-electron chi connectivity index (χ2n) is 13.5. The molecule has 4 rings (SSSR count). The summed E-state index contributed by atoms with van der Waals surface area (Å²) in [4.78, 5) is 10.9. The lowest BCUT2D eigenvalue weighted by atomic mass is 9.44. The van der Waals surface area contributed by atoms with Gasteiger partial charge in [-0.25, -0.2) is 4.79 Å². The van der Waals surface area contributed by atoms with E-state index in [0.29, 0.717) is 30.1 Å². The van der Waals surface area contributed by atoms with Gasteiger partial charge in [-0.15, -0.1) is 0 Å². The molecular formula is C29H48F2O3. The van der Waals surface area contributed by atoms with Crippen LogP contribution in [0, 0.1) is 52.3 Å². The van der Waals surface area contributed by atoms with Crippen LogP contribution in [0.25, 0.3) is 0 Å². The minimum atomic E-state index is -4.08. The first kappa shape index (κ1) is 26.4. The number of fused-ring (bicyclic) bond motifs is 5. The van der Waals surface area contributed by atoms with Gasteiger partial charge in [0, 0.05) is 0 Å². The van der Waals surface area contributed by atoms with Crippen LogP contribution in [0.4, 0.5) is 8.78 Å². The molecule has 4 aliphatic rings. The average molecular weight is 483 g/mol. The van der Waals surface area contributed by atoms with E-state index in [4.69, 9.17) is 9.84 Å². The lowest BCUT2D eigenvalue weighted by Gasteiger charge is -2.61. The molecule has 196 valence electrons. The molecule has 5 heteroatoms. The Kier molecular flexibility index (Phi) is 7.47. The van der Waals surface area contributed by atoms with Gasteiger partial charge >= 0.3 is 12.1 Å². The number of carboxylic acid groups (broad SMARTS) is 1. The number of carboxylic acids is 1. The lowest BCUT2D eigenvalue weighted by molar-refractivity contribution is -0.273. The summed E-state index contributed by atoms with van der Waals surface area (Å²) in [6.45, 7) is 12.2. The fourth-order valence-corrected chi connectivity index (χ4v) is 9.61. The number of ether oxygens (including phenoxy) is 1. The Bertz CT molecular complexity index is 739. The molecular weight excluding hydrogens is 434 g/mol. The zero-order chi connectivity index (χ0) is 24.9. The fourth-order valence-electron chi connectivity index (χ4n) is 9.61. The van der Waals surface area contributed by atoms with Crippen LogP contribution in [0.5, 0.6) is 0 Å². The number of hydrogen-bond acceptors (Lipinski definition) is 2. The minimum Gasteiger partial charge on any atom is -0.475 e. The second kappa shape index (κ2) is 9.63. The highest BCUT2D eigenvalue weighted by Crippen LogP contribution is 2.68. The van der Waals surface area contributed by atoms with Gasteiger partial charge in [-0.1, -0.05) is 53.9 Å². The van der Waals surface area contributed by atoms with Gasteiger partial charge in [0.2, 0.25) is 0 Å². The van der Waals surface area contributed by atoms with Gasteiger partial charge in [-0.2, -0.15) is 8.78 Å². The van der Waals surface area contributed by atoms with Gasteiger partial charge in [0.15, 0.2) is 0 Å². The normalized spacial score (nSPS) is 43.2. The molecule has 0 aliphatic heterocycles. The summed E-state index contributed by atoms with van der Waals surface area (Å²) in [5.41, 5.74) is 0.648. The van der Waals surface area contributed by atoms with Crippen LogP contribution in [-0.2, 0) is 9.53 Å². The number of rotatable bonds is 8. The van der Waals surface area contributed by atoms with E-state index in [2.05, 4.69) is 34.6 Å². The Morgan fingerprint density at radius 1 is 0.971 bits per heavy atom. The Morgan fingerprint density at radius 3 is 2.32 bits per heavy atom. The van der Waals surface area contributed by atoms with Gasteiger partial charge in [-0.3, -0.25) is 0 Å². The van der Waals surface area contributed by atoms with Crippen molar-refractivity contribution in [3.8, 4) is 0 Å². The predicted molar refractivity (Wildman–Crippen MR) is 131 cm³/mol. The maximum atomic E-state index is 13.7. The molecule has 4 saturated carbocycles. The van der Waals surface area contributed by atoms with E-state index in [1.165, 1.54) is 51.4 Å². The molecule has 0 heterocycles. The highest BCUT2D eigenvalue weighted by Gasteiger charge is 2.61. The summed E-state index contributed by atoms with van der Waals surface area (Å²) in [7, 11) is 0. The molecule has 0 aromatic heterocycles. The van der Waals surface area contributed by atoms with Crippen LogP contribution in [0.1, 0.15) is 112 Å². The van der Waals surface area contributed by atoms with Gasteiger partial charge in [0.1, 0.15) is 0 Å². The quantitative estimate of drug-likeness (QED) is 0.379. The smallest absolute Gasteiger partial charge is 0.456 e. The van der Waals surface area contributed by atoms with E-state index in [1.54, 1.807) is 0 Å². The largest absolute Gasteiger partial charge is 0.475 e. The van der Waals surface area contributed by atoms with Gasteiger partial charge in [-0.05, 0) is 110 Å². The molecule has 0 saturated heterocycles. The van der Waals surface area contributed by atoms with E-state index in [9.17, 15) is 13.6 Å². The number of hydrogen-bond donors (Lipinski definition) is 1. The molecule has 4 fully saturated rings. The van der Waals surface area contributed by atoms with E-state index < -0.39 is 18.2 Å². The number of halogens is 2. The number of carbonyl (C=O) groups is 1. The van der Waals surface area contributed by atoms with E-state index in [1.807, 2.05) is 0 Å². The molecule has 3 nitrogen and oxygen atoms in total. The van der Waals surface area contributed by atoms with Gasteiger partial charge in [0.25, 0.3) is 0 Å². The molecule has 0 aromatic rings. The lowest BCUT2D eigenvalue weighted by Crippen LogP contribution is -2.54. The standard InChI is InChI=1S/C29H48F2O3/c1-18(2)7-6-8-19(3)23-11-12-24-22-10-9-20-17-21(34-29(30,31)26(32)33)13-15-27(20,4)25(22)14-16-28(23,24)5/h18-25H,6-17H2,1-5H3,(H,32,33). The summed E-state index contributed by atoms with van der Waals surface area (Å²) in [6, 6.07) is 0. The van der Waals surface area contributed by atoms with Crippen molar-refractivity contribution in [3.63, 3.8) is 0 Å². The molecule has 4 aliphatic carbocycles. The van der Waals surface area contributed by atoms with Gasteiger partial charge < -0.3 is 9.84 Å². The highest BCUT2D eigenvalue weighted by atomic mass is 19.3. The van der Waals surface area contributed by atoms with Crippen LogP contribution >= 0.6 is 0 Å². The number of alkyl halides is 2. The van der Waals surface area contributed by atoms with Crippen molar-refractivity contribution in [2.24, 2.45) is 52.3 Å². The molecule has 0 bridgehead atoms. The molecule has 34 heavy (non-hydrogen) atoms. The Labute approximate surface area is 205 Å². The van der Waals surface area contributed by atoms with Crippen molar-refractivity contribution in [1.29, 1.82) is 0 Å². The summed E-state index contributed by atoms with van der Waals surface area (Å²) in [5, 5.41) is 8.78. The monoisotopic (exact) mass is 482 g/mol. The maximum absolute atomic E-state index is 13.7. The van der Waals surface area contributed by atoms with Crippen LogP contribution in [-0.4, -0.2) is 23.3 Å². The first-order valence-electron chi connectivity index (χ1n) is 14.2. The third-order valence-corrected chi connectivity index (χ3v) is 11.4. The number of aliphatic carboxylic acids is 1. The summed E-state index contributed by atoms with van der Waals surface area (Å²) in [6.07, 6.45) is 8.99. The summed E-state index contributed by atoms with van der Waals surface area (Å²) >= 11 is 0. The van der Waals surface area contributed by atoms with Crippen molar-refractivity contribution in [3.05, 3.63) is 0 Å². The zero-order valence-corrected chi connectivity index (χ0v) is 22.1. The zero-order valence-electron chi connectivity index (χ0n) is 22.1. The average Bonchev–Trinajstić information content (AvgIpc) is 3.10. The van der Waals surface area contributed by atoms with E-state index >= 15 is 0 Å². The van der Waals surface area contributed by atoms with E-state index in [0.717, 1.165) is 42.4 Å². The Balaban J connectivity index is 1.42. The first-order chi connectivity index (χ1) is 15.9. The summed E-state index contributed by atoms with van der Waals surface area (Å²) < 4.78 is 32.2. The maximum Gasteiger partial charge on any atom is 0.456 e. The molecule has 0 amide bonds. The van der Waals surface area contributed by atoms with Crippen molar-refractivity contribution in [2.45, 2.75) is 124 Å². The van der Waals surface area contributed by atoms with Crippen molar-refractivity contribution >= 4 is 5.97 Å². The van der Waals surface area contributed by atoms with Gasteiger partial charge in [0.05, 0.1) is 6.10 Å². The Hall–Kier alpha value is -0.710. The van der Waals surface area contributed by atoms with Crippen molar-refractivity contribution in [2.75, 3.05) is 0 Å². The fraction of sp³-hybridized carbons (Fsp3) is 0.966. The van der Waals surface area contributed by atoms with Crippen LogP contribution in [0.2, 0.25) is 0 Å². The van der Waals surface area contributed by atoms with Crippen LogP contribution in [0.15, 0.2) is 0 Å². The summed E-state index contributed by atoms with van der Waals surface area (Å²) in [5.74, 6) is 2.90. The first-order valence-corrected chi connectivity index (χ1v) is 14.2. The molecule has 9 atom stereocenters. The predicted octanol–water partition coefficient (Wildman–Crippen LogP) is 8.17. The molecule has 1 N–H and O–H groups in total. The van der Waals surface area contributed by atoms with Crippen LogP contribution in [0.3, 0.4) is 0 Å². The van der Waals surface area contributed by atoms with Crippen molar-refractivity contribution < 1.29 is 23.4 Å². The van der Waals surface area contributed by atoms with Crippen molar-refractivity contribution in [1.82, 2.24) is 0 Å².